The monoisotopic (exact) mass is 593 g/mol. The van der Waals surface area contributed by atoms with Crippen molar-refractivity contribution in [2.24, 2.45) is 0 Å². The lowest BCUT2D eigenvalue weighted by Gasteiger charge is -2.39. The average molecular weight is 594 g/mol. The van der Waals surface area contributed by atoms with Gasteiger partial charge in [-0.3, -0.25) is 29.0 Å². The predicted molar refractivity (Wildman–Crippen MR) is 157 cm³/mol. The van der Waals surface area contributed by atoms with E-state index >= 15 is 0 Å². The van der Waals surface area contributed by atoms with Gasteiger partial charge in [0.05, 0.1) is 13.7 Å². The first-order valence-electron chi connectivity index (χ1n) is 13.0. The molecular weight excluding hydrogens is 561 g/mol. The summed E-state index contributed by atoms with van der Waals surface area (Å²) >= 11 is 0. The van der Waals surface area contributed by atoms with Gasteiger partial charge in [-0.05, 0) is 37.1 Å². The molecule has 0 spiro atoms. The lowest BCUT2D eigenvalue weighted by Crippen LogP contribution is -2.42. The third-order valence-corrected chi connectivity index (χ3v) is 7.30. The first kappa shape index (κ1) is 30.8. The number of nitrogens with zero attached hydrogens (tertiary/aromatic N) is 1. The van der Waals surface area contributed by atoms with Crippen molar-refractivity contribution in [1.29, 1.82) is 0 Å². The molecule has 0 aliphatic rings. The summed E-state index contributed by atoms with van der Waals surface area (Å²) in [5, 5.41) is 2.74. The molecule has 0 amide bonds. The number of hydrogen-bond donors (Lipinski definition) is 4. The molecule has 0 bridgehead atoms. The molecule has 0 aliphatic carbocycles. The number of rotatable bonds is 12. The first-order chi connectivity index (χ1) is 19.9. The molecule has 1 aromatic heterocycles. The molecule has 1 atom stereocenters. The minimum atomic E-state index is -4.41. The van der Waals surface area contributed by atoms with E-state index in [-0.39, 0.29) is 17.7 Å². The molecule has 0 saturated carbocycles. The van der Waals surface area contributed by atoms with Crippen LogP contribution in [0.2, 0.25) is 0 Å². The van der Waals surface area contributed by atoms with Gasteiger partial charge >= 0.3 is 13.3 Å². The van der Waals surface area contributed by atoms with Crippen molar-refractivity contribution in [2.75, 3.05) is 13.4 Å². The van der Waals surface area contributed by atoms with Crippen molar-refractivity contribution in [3.05, 3.63) is 134 Å². The third-order valence-electron chi connectivity index (χ3n) is 6.71. The molecule has 1 heterocycles. The Balaban J connectivity index is 1.97. The van der Waals surface area contributed by atoms with Crippen LogP contribution in [0.25, 0.3) is 0 Å². The van der Waals surface area contributed by atoms with Gasteiger partial charge in [-0.1, -0.05) is 66.7 Å². The van der Waals surface area contributed by atoms with Crippen molar-refractivity contribution in [3.8, 4) is 5.75 Å². The van der Waals surface area contributed by atoms with Crippen LogP contribution in [-0.2, 0) is 21.4 Å². The van der Waals surface area contributed by atoms with Crippen LogP contribution in [-0.4, -0.2) is 44.7 Å². The Hall–Kier alpha value is -4.12. The van der Waals surface area contributed by atoms with E-state index < -0.39 is 42.7 Å². The van der Waals surface area contributed by atoms with E-state index in [1.807, 2.05) is 60.7 Å². The van der Waals surface area contributed by atoms with Crippen LogP contribution in [0.3, 0.4) is 0 Å². The van der Waals surface area contributed by atoms with Crippen LogP contribution in [0.4, 0.5) is 0 Å². The second-order valence-electron chi connectivity index (χ2n) is 9.73. The highest BCUT2D eigenvalue weighted by molar-refractivity contribution is 7.51. The summed E-state index contributed by atoms with van der Waals surface area (Å²) in [7, 11) is -2.94. The lowest BCUT2D eigenvalue weighted by atomic mass is 9.77. The maximum atomic E-state index is 14.0. The smallest absolute Gasteiger partial charge is 0.339 e. The van der Waals surface area contributed by atoms with E-state index in [4.69, 9.17) is 9.47 Å². The topological polar surface area (TPSA) is 160 Å². The molecule has 1 unspecified atom stereocenters. The first-order valence-corrected chi connectivity index (χ1v) is 14.8. The number of carbonyl (C=O) groups is 1. The number of methoxy groups -OCH3 is 1. The number of nitrogens with one attached hydrogen (secondary N) is 2. The van der Waals surface area contributed by atoms with Gasteiger partial charge in [-0.25, -0.2) is 4.79 Å². The van der Waals surface area contributed by atoms with Gasteiger partial charge in [-0.2, -0.15) is 0 Å². The standard InChI is InChI=1S/C30H32N3O8P/c1-20-17-33(29(36)32-28(20)35)18-27(34)25-16-24(40-3)14-15-26(25)30(22-10-6-4-7-11-22,23-12-8-5-9-13-23)41-21(2)31-19-42(37,38)39/h4-17,21,31H,18-19H2,1-3H3,(H,32,35,36)(H2,37,38,39). The van der Waals surface area contributed by atoms with E-state index in [2.05, 4.69) is 10.3 Å². The number of H-pyrrole nitrogens is 1. The molecule has 0 fully saturated rings. The van der Waals surface area contributed by atoms with Gasteiger partial charge in [0.1, 0.15) is 23.9 Å². The second-order valence-corrected chi connectivity index (χ2v) is 11.4. The largest absolute Gasteiger partial charge is 0.497 e. The number of carbonyl (C=O) groups excluding carboxylic acids is 1. The highest BCUT2D eigenvalue weighted by Crippen LogP contribution is 2.44. The number of ketones is 1. The van der Waals surface area contributed by atoms with Crippen LogP contribution in [0.1, 0.15) is 39.5 Å². The molecule has 0 radical (unpaired) electrons. The zero-order valence-corrected chi connectivity index (χ0v) is 24.2. The highest BCUT2D eigenvalue weighted by Gasteiger charge is 2.42. The van der Waals surface area contributed by atoms with Gasteiger partial charge in [0.15, 0.2) is 5.78 Å². The van der Waals surface area contributed by atoms with Gasteiger partial charge in [0.2, 0.25) is 0 Å². The number of aryl methyl sites for hydroxylation is 1. The maximum Gasteiger partial charge on any atom is 0.339 e. The predicted octanol–water partition coefficient (Wildman–Crippen LogP) is 3.12. The Labute approximate surface area is 241 Å². The molecule has 3 aromatic carbocycles. The van der Waals surface area contributed by atoms with Crippen molar-refractivity contribution < 1.29 is 28.6 Å². The molecule has 12 heteroatoms. The quantitative estimate of drug-likeness (QED) is 0.0838. The fourth-order valence-electron chi connectivity index (χ4n) is 4.74. The number of Topliss-reactive ketones (excluding diaryl/α,β-unsaturated/α-hetero) is 1. The molecule has 4 rings (SSSR count). The van der Waals surface area contributed by atoms with Crippen LogP contribution < -0.4 is 21.3 Å². The summed E-state index contributed by atoms with van der Waals surface area (Å²) < 4.78 is 24.9. The summed E-state index contributed by atoms with van der Waals surface area (Å²) in [5.41, 5.74) is -0.605. The fourth-order valence-corrected chi connectivity index (χ4v) is 5.24. The summed E-state index contributed by atoms with van der Waals surface area (Å²) in [6, 6.07) is 23.2. The molecule has 11 nitrogen and oxygen atoms in total. The van der Waals surface area contributed by atoms with Crippen molar-refractivity contribution in [3.63, 3.8) is 0 Å². The van der Waals surface area contributed by atoms with E-state index in [0.29, 0.717) is 22.4 Å². The Morgan fingerprint density at radius 3 is 2.17 bits per heavy atom. The Morgan fingerprint density at radius 2 is 1.62 bits per heavy atom. The normalized spacial score (nSPS) is 12.6. The Bertz CT molecular complexity index is 1670. The minimum absolute atomic E-state index is 0.181. The zero-order valence-electron chi connectivity index (χ0n) is 23.3. The van der Waals surface area contributed by atoms with Gasteiger partial charge in [0.25, 0.3) is 5.56 Å². The van der Waals surface area contributed by atoms with Crippen LogP contribution >= 0.6 is 7.60 Å². The third kappa shape index (κ3) is 6.84. The molecule has 0 aliphatic heterocycles. The number of aromatic nitrogens is 2. The number of benzene rings is 3. The molecule has 4 N–H and O–H groups in total. The average Bonchev–Trinajstić information content (AvgIpc) is 2.98. The van der Waals surface area contributed by atoms with Gasteiger partial charge in [-0.15, -0.1) is 0 Å². The van der Waals surface area contributed by atoms with E-state index in [1.165, 1.54) is 20.2 Å². The number of hydrogen-bond acceptors (Lipinski definition) is 7. The van der Waals surface area contributed by atoms with Crippen molar-refractivity contribution in [2.45, 2.75) is 32.2 Å². The summed E-state index contributed by atoms with van der Waals surface area (Å²) in [6.07, 6.45) is -0.213. The molecule has 220 valence electrons. The SMILES string of the molecule is COc1ccc(C(OC(C)NCP(=O)(O)O)(c2ccccc2)c2ccccc2)c(C(=O)Cn2cc(C)c(=O)[nH]c2=O)c1. The van der Waals surface area contributed by atoms with Gasteiger partial charge in [0, 0.05) is 22.9 Å². The molecular formula is C30H32N3O8P. The summed E-state index contributed by atoms with van der Waals surface area (Å²) in [4.78, 5) is 59.6. The maximum absolute atomic E-state index is 14.0. The van der Waals surface area contributed by atoms with Crippen LogP contribution in [0.5, 0.6) is 5.75 Å². The minimum Gasteiger partial charge on any atom is -0.497 e. The summed E-state index contributed by atoms with van der Waals surface area (Å²) in [6.45, 7) is 2.76. The Kier molecular flexibility index (Phi) is 9.40. The van der Waals surface area contributed by atoms with Crippen LogP contribution in [0.15, 0.2) is 94.6 Å². The number of aromatic amines is 1. The van der Waals surface area contributed by atoms with Crippen molar-refractivity contribution >= 4 is 13.4 Å². The van der Waals surface area contributed by atoms with Crippen LogP contribution in [0, 0.1) is 6.92 Å². The van der Waals surface area contributed by atoms with E-state index in [1.54, 1.807) is 25.1 Å². The van der Waals surface area contributed by atoms with E-state index in [9.17, 15) is 28.7 Å². The molecule has 4 aromatic rings. The zero-order chi connectivity index (χ0) is 30.5. The Morgan fingerprint density at radius 1 is 1.02 bits per heavy atom. The summed E-state index contributed by atoms with van der Waals surface area (Å²) in [5.74, 6) is -0.0806. The van der Waals surface area contributed by atoms with E-state index in [0.717, 1.165) is 4.57 Å². The fraction of sp³-hybridized carbons (Fsp3) is 0.233. The van der Waals surface area contributed by atoms with Crippen molar-refractivity contribution in [1.82, 2.24) is 14.9 Å². The molecule has 42 heavy (non-hydrogen) atoms. The van der Waals surface area contributed by atoms with Gasteiger partial charge < -0.3 is 19.3 Å². The lowest BCUT2D eigenvalue weighted by molar-refractivity contribution is -0.0524. The molecule has 0 saturated heterocycles. The highest BCUT2D eigenvalue weighted by atomic mass is 31.2. The number of ether oxygens (including phenoxy) is 2. The second kappa shape index (κ2) is 12.8.